The first kappa shape index (κ1) is 12.1. The van der Waals surface area contributed by atoms with Gasteiger partial charge >= 0.3 is 0 Å². The highest BCUT2D eigenvalue weighted by Crippen LogP contribution is 2.21. The van der Waals surface area contributed by atoms with E-state index in [0.29, 0.717) is 0 Å². The minimum Gasteiger partial charge on any atom is -0.385 e. The van der Waals surface area contributed by atoms with Gasteiger partial charge in [-0.2, -0.15) is 0 Å². The van der Waals surface area contributed by atoms with E-state index in [2.05, 4.69) is 38.2 Å². The Hall–Kier alpha value is -1.02. The van der Waals surface area contributed by atoms with Crippen LogP contribution in [-0.2, 0) is 4.74 Å². The second kappa shape index (κ2) is 5.76. The number of rotatable bonds is 5. The molecule has 0 spiro atoms. The van der Waals surface area contributed by atoms with E-state index in [1.807, 2.05) is 0 Å². The number of hydrogen-bond acceptors (Lipinski definition) is 2. The van der Waals surface area contributed by atoms with Crippen molar-refractivity contribution in [2.45, 2.75) is 27.2 Å². The average Bonchev–Trinajstić information content (AvgIpc) is 2.15. The molecule has 0 aliphatic heterocycles. The smallest absolute Gasteiger partial charge is 0.0479 e. The molecule has 1 N–H and O–H groups in total. The molecule has 15 heavy (non-hydrogen) atoms. The Morgan fingerprint density at radius 1 is 1.13 bits per heavy atom. The van der Waals surface area contributed by atoms with Crippen molar-refractivity contribution in [2.24, 2.45) is 0 Å². The van der Waals surface area contributed by atoms with Crippen molar-refractivity contribution >= 4 is 5.69 Å². The maximum atomic E-state index is 5.02. The first-order valence-corrected chi connectivity index (χ1v) is 5.46. The molecule has 0 saturated carbocycles. The Morgan fingerprint density at radius 2 is 1.73 bits per heavy atom. The molecule has 1 aromatic rings. The fourth-order valence-electron chi connectivity index (χ4n) is 1.89. The van der Waals surface area contributed by atoms with Gasteiger partial charge in [0, 0.05) is 25.9 Å². The van der Waals surface area contributed by atoms with Crippen molar-refractivity contribution in [3.8, 4) is 0 Å². The van der Waals surface area contributed by atoms with Gasteiger partial charge in [0.05, 0.1) is 0 Å². The predicted octanol–water partition coefficient (Wildman–Crippen LogP) is 3.06. The van der Waals surface area contributed by atoms with Crippen molar-refractivity contribution in [3.63, 3.8) is 0 Å². The second-order valence-corrected chi connectivity index (χ2v) is 4.05. The summed E-state index contributed by atoms with van der Waals surface area (Å²) in [5.41, 5.74) is 5.25. The SMILES string of the molecule is COCCCNc1c(C)cc(C)cc1C. The summed E-state index contributed by atoms with van der Waals surface area (Å²) < 4.78 is 5.02. The Labute approximate surface area is 92.6 Å². The van der Waals surface area contributed by atoms with Crippen LogP contribution in [0.5, 0.6) is 0 Å². The molecule has 2 heteroatoms. The molecule has 0 amide bonds. The van der Waals surface area contributed by atoms with Crippen LogP contribution >= 0.6 is 0 Å². The van der Waals surface area contributed by atoms with Crippen LogP contribution in [0.3, 0.4) is 0 Å². The molecule has 0 heterocycles. The van der Waals surface area contributed by atoms with E-state index in [0.717, 1.165) is 19.6 Å². The van der Waals surface area contributed by atoms with E-state index in [-0.39, 0.29) is 0 Å². The van der Waals surface area contributed by atoms with Gasteiger partial charge in [0.15, 0.2) is 0 Å². The first-order chi connectivity index (χ1) is 7.15. The lowest BCUT2D eigenvalue weighted by Crippen LogP contribution is -2.07. The van der Waals surface area contributed by atoms with Crippen LogP contribution in [0.15, 0.2) is 12.1 Å². The van der Waals surface area contributed by atoms with E-state index in [1.165, 1.54) is 22.4 Å². The standard InChI is InChI=1S/C13H21NO/c1-10-8-11(2)13(12(3)9-10)14-6-5-7-15-4/h8-9,14H,5-7H2,1-4H3. The molecule has 0 atom stereocenters. The van der Waals surface area contributed by atoms with Gasteiger partial charge in [0.1, 0.15) is 0 Å². The van der Waals surface area contributed by atoms with Crippen LogP contribution in [0.1, 0.15) is 23.1 Å². The molecular weight excluding hydrogens is 186 g/mol. The predicted molar refractivity (Wildman–Crippen MR) is 65.6 cm³/mol. The van der Waals surface area contributed by atoms with Crippen molar-refractivity contribution in [1.29, 1.82) is 0 Å². The van der Waals surface area contributed by atoms with Gasteiger partial charge < -0.3 is 10.1 Å². The van der Waals surface area contributed by atoms with E-state index < -0.39 is 0 Å². The largest absolute Gasteiger partial charge is 0.385 e. The van der Waals surface area contributed by atoms with E-state index in [9.17, 15) is 0 Å². The Bertz CT molecular complexity index is 297. The first-order valence-electron chi connectivity index (χ1n) is 5.46. The number of aryl methyl sites for hydroxylation is 3. The number of benzene rings is 1. The normalized spacial score (nSPS) is 10.4. The fraction of sp³-hybridized carbons (Fsp3) is 0.538. The van der Waals surface area contributed by atoms with Gasteiger partial charge in [-0.3, -0.25) is 0 Å². The van der Waals surface area contributed by atoms with Gasteiger partial charge in [-0.25, -0.2) is 0 Å². The summed E-state index contributed by atoms with van der Waals surface area (Å²) in [6.45, 7) is 8.22. The maximum absolute atomic E-state index is 5.02. The molecule has 1 aromatic carbocycles. The van der Waals surface area contributed by atoms with Crippen molar-refractivity contribution in [2.75, 3.05) is 25.6 Å². The lowest BCUT2D eigenvalue weighted by Gasteiger charge is -2.13. The number of nitrogens with one attached hydrogen (secondary N) is 1. The summed E-state index contributed by atoms with van der Waals surface area (Å²) in [7, 11) is 1.74. The molecule has 1 rings (SSSR count). The second-order valence-electron chi connectivity index (χ2n) is 4.05. The van der Waals surface area contributed by atoms with Crippen LogP contribution in [-0.4, -0.2) is 20.3 Å². The Kier molecular flexibility index (Phi) is 4.63. The van der Waals surface area contributed by atoms with Crippen molar-refractivity contribution in [1.82, 2.24) is 0 Å². The third-order valence-corrected chi connectivity index (χ3v) is 2.50. The molecule has 0 aromatic heterocycles. The highest BCUT2D eigenvalue weighted by molar-refractivity contribution is 5.58. The lowest BCUT2D eigenvalue weighted by molar-refractivity contribution is 0.198. The zero-order valence-corrected chi connectivity index (χ0v) is 10.2. The van der Waals surface area contributed by atoms with Gasteiger partial charge in [0.2, 0.25) is 0 Å². The third kappa shape index (κ3) is 3.56. The Balaban J connectivity index is 2.60. The van der Waals surface area contributed by atoms with E-state index in [1.54, 1.807) is 7.11 Å². The van der Waals surface area contributed by atoms with Crippen LogP contribution in [0.25, 0.3) is 0 Å². The topological polar surface area (TPSA) is 21.3 Å². The Morgan fingerprint density at radius 3 is 2.27 bits per heavy atom. The molecule has 0 fully saturated rings. The molecule has 84 valence electrons. The molecule has 0 unspecified atom stereocenters. The molecule has 0 aliphatic carbocycles. The number of ether oxygens (including phenoxy) is 1. The summed E-state index contributed by atoms with van der Waals surface area (Å²) in [6.07, 6.45) is 1.04. The lowest BCUT2D eigenvalue weighted by atomic mass is 10.1. The van der Waals surface area contributed by atoms with Gasteiger partial charge in [-0.1, -0.05) is 17.7 Å². The fourth-order valence-corrected chi connectivity index (χ4v) is 1.89. The molecule has 0 bridgehead atoms. The van der Waals surface area contributed by atoms with Crippen LogP contribution < -0.4 is 5.32 Å². The highest BCUT2D eigenvalue weighted by atomic mass is 16.5. The van der Waals surface area contributed by atoms with Crippen molar-refractivity contribution < 1.29 is 4.74 Å². The minimum atomic E-state index is 0.816. The van der Waals surface area contributed by atoms with Gasteiger partial charge in [0.25, 0.3) is 0 Å². The molecule has 0 radical (unpaired) electrons. The van der Waals surface area contributed by atoms with E-state index in [4.69, 9.17) is 4.74 Å². The summed E-state index contributed by atoms with van der Waals surface area (Å²) in [5.74, 6) is 0. The summed E-state index contributed by atoms with van der Waals surface area (Å²) in [4.78, 5) is 0. The van der Waals surface area contributed by atoms with Crippen LogP contribution in [0.2, 0.25) is 0 Å². The quantitative estimate of drug-likeness (QED) is 0.749. The summed E-state index contributed by atoms with van der Waals surface area (Å²) in [5, 5.41) is 3.46. The maximum Gasteiger partial charge on any atom is 0.0479 e. The molecular formula is C13H21NO. The van der Waals surface area contributed by atoms with Crippen LogP contribution in [0.4, 0.5) is 5.69 Å². The summed E-state index contributed by atoms with van der Waals surface area (Å²) >= 11 is 0. The molecule has 0 aliphatic rings. The van der Waals surface area contributed by atoms with Gasteiger partial charge in [-0.05, 0) is 38.3 Å². The van der Waals surface area contributed by atoms with Gasteiger partial charge in [-0.15, -0.1) is 0 Å². The number of anilines is 1. The van der Waals surface area contributed by atoms with Crippen molar-refractivity contribution in [3.05, 3.63) is 28.8 Å². The van der Waals surface area contributed by atoms with Crippen LogP contribution in [0, 0.1) is 20.8 Å². The summed E-state index contributed by atoms with van der Waals surface area (Å²) in [6, 6.07) is 4.43. The number of methoxy groups -OCH3 is 1. The minimum absolute atomic E-state index is 0.816. The molecule has 2 nitrogen and oxygen atoms in total. The molecule has 0 saturated heterocycles. The van der Waals surface area contributed by atoms with E-state index >= 15 is 0 Å². The number of hydrogen-bond donors (Lipinski definition) is 1. The average molecular weight is 207 g/mol. The highest BCUT2D eigenvalue weighted by Gasteiger charge is 2.02. The monoisotopic (exact) mass is 207 g/mol. The third-order valence-electron chi connectivity index (χ3n) is 2.50. The zero-order valence-electron chi connectivity index (χ0n) is 10.2. The zero-order chi connectivity index (χ0) is 11.3.